The summed E-state index contributed by atoms with van der Waals surface area (Å²) in [6.07, 6.45) is 0.844. The van der Waals surface area contributed by atoms with E-state index in [2.05, 4.69) is 35.8 Å². The summed E-state index contributed by atoms with van der Waals surface area (Å²) in [6, 6.07) is 5.98. The molecule has 0 saturated carbocycles. The van der Waals surface area contributed by atoms with E-state index in [1.165, 1.54) is 0 Å². The van der Waals surface area contributed by atoms with Gasteiger partial charge < -0.3 is 9.84 Å². The smallest absolute Gasteiger partial charge is 0.122 e. The van der Waals surface area contributed by atoms with Gasteiger partial charge in [0.1, 0.15) is 5.75 Å². The van der Waals surface area contributed by atoms with Gasteiger partial charge in [-0.1, -0.05) is 29.8 Å². The monoisotopic (exact) mass is 286 g/mol. The molecule has 1 N–H and O–H groups in total. The lowest BCUT2D eigenvalue weighted by molar-refractivity contribution is 0.188. The third-order valence-corrected chi connectivity index (χ3v) is 3.40. The number of hydrogen-bond donors (Lipinski definition) is 1. The quantitative estimate of drug-likeness (QED) is 0.900. The van der Waals surface area contributed by atoms with Crippen molar-refractivity contribution in [2.24, 2.45) is 11.8 Å². The van der Waals surface area contributed by atoms with Crippen molar-refractivity contribution in [1.29, 1.82) is 0 Å². The molecule has 0 radical (unpaired) electrons. The van der Waals surface area contributed by atoms with Crippen molar-refractivity contribution in [2.45, 2.75) is 20.3 Å². The number of aliphatic hydroxyl groups is 1. The summed E-state index contributed by atoms with van der Waals surface area (Å²) in [5, 5.41) is 9.34. The molecule has 16 heavy (non-hydrogen) atoms. The summed E-state index contributed by atoms with van der Waals surface area (Å²) in [7, 11) is 1.68. The van der Waals surface area contributed by atoms with Crippen molar-refractivity contribution < 1.29 is 9.84 Å². The summed E-state index contributed by atoms with van der Waals surface area (Å²) in [6.45, 7) is 4.48. The molecule has 90 valence electrons. The molecular weight excluding hydrogens is 268 g/mol. The molecule has 0 heterocycles. The number of ether oxygens (including phenoxy) is 1. The molecule has 0 spiro atoms. The SMILES string of the molecule is COc1ccc(Br)cc1CC(CO)C(C)C. The summed E-state index contributed by atoms with van der Waals surface area (Å²) in [5.74, 6) is 1.64. The van der Waals surface area contributed by atoms with Crippen LogP contribution in [0, 0.1) is 11.8 Å². The molecule has 0 amide bonds. The Morgan fingerprint density at radius 3 is 2.56 bits per heavy atom. The second-order valence-electron chi connectivity index (χ2n) is 4.35. The fraction of sp³-hybridized carbons (Fsp3) is 0.538. The average Bonchev–Trinajstić information content (AvgIpc) is 2.25. The van der Waals surface area contributed by atoms with Crippen LogP contribution < -0.4 is 4.74 Å². The van der Waals surface area contributed by atoms with Crippen molar-refractivity contribution in [2.75, 3.05) is 13.7 Å². The van der Waals surface area contributed by atoms with Crippen LogP contribution in [0.15, 0.2) is 22.7 Å². The molecule has 0 aliphatic carbocycles. The van der Waals surface area contributed by atoms with Gasteiger partial charge in [0.15, 0.2) is 0 Å². The Morgan fingerprint density at radius 1 is 1.38 bits per heavy atom. The minimum absolute atomic E-state index is 0.216. The highest BCUT2D eigenvalue weighted by atomic mass is 79.9. The van der Waals surface area contributed by atoms with Crippen LogP contribution in [0.2, 0.25) is 0 Å². The van der Waals surface area contributed by atoms with E-state index >= 15 is 0 Å². The van der Waals surface area contributed by atoms with Gasteiger partial charge in [-0.25, -0.2) is 0 Å². The largest absolute Gasteiger partial charge is 0.496 e. The number of rotatable bonds is 5. The number of aliphatic hydroxyl groups excluding tert-OH is 1. The van der Waals surface area contributed by atoms with E-state index < -0.39 is 0 Å². The second-order valence-corrected chi connectivity index (χ2v) is 5.26. The number of methoxy groups -OCH3 is 1. The molecule has 1 atom stereocenters. The molecule has 0 saturated heterocycles. The summed E-state index contributed by atoms with van der Waals surface area (Å²) < 4.78 is 6.37. The van der Waals surface area contributed by atoms with E-state index in [1.54, 1.807) is 7.11 Å². The highest BCUT2D eigenvalue weighted by molar-refractivity contribution is 9.10. The molecule has 2 nitrogen and oxygen atoms in total. The molecule has 1 aromatic rings. The Morgan fingerprint density at radius 2 is 2.06 bits per heavy atom. The van der Waals surface area contributed by atoms with E-state index in [1.807, 2.05) is 12.1 Å². The minimum Gasteiger partial charge on any atom is -0.496 e. The predicted octanol–water partition coefficient (Wildman–Crippen LogP) is 3.26. The molecule has 0 aliphatic heterocycles. The molecule has 1 unspecified atom stereocenters. The Labute approximate surface area is 106 Å². The Balaban J connectivity index is 2.89. The van der Waals surface area contributed by atoms with Gasteiger partial charge in [-0.05, 0) is 42.0 Å². The number of halogens is 1. The van der Waals surface area contributed by atoms with Crippen molar-refractivity contribution in [3.05, 3.63) is 28.2 Å². The van der Waals surface area contributed by atoms with Gasteiger partial charge in [-0.15, -0.1) is 0 Å². The van der Waals surface area contributed by atoms with E-state index in [9.17, 15) is 5.11 Å². The zero-order valence-corrected chi connectivity index (χ0v) is 11.6. The maximum Gasteiger partial charge on any atom is 0.122 e. The first-order chi connectivity index (χ1) is 7.58. The fourth-order valence-electron chi connectivity index (χ4n) is 1.70. The maximum absolute atomic E-state index is 9.34. The van der Waals surface area contributed by atoms with Crippen LogP contribution in [0.5, 0.6) is 5.75 Å². The lowest BCUT2D eigenvalue weighted by Gasteiger charge is -2.19. The first kappa shape index (κ1) is 13.5. The lowest BCUT2D eigenvalue weighted by atomic mass is 9.90. The van der Waals surface area contributed by atoms with Crippen LogP contribution in [0.25, 0.3) is 0 Å². The van der Waals surface area contributed by atoms with E-state index in [0.717, 1.165) is 22.2 Å². The molecule has 0 fully saturated rings. The molecule has 0 aromatic heterocycles. The highest BCUT2D eigenvalue weighted by Gasteiger charge is 2.15. The summed E-state index contributed by atoms with van der Waals surface area (Å²) in [5.41, 5.74) is 1.14. The minimum atomic E-state index is 0.216. The van der Waals surface area contributed by atoms with Crippen LogP contribution in [-0.4, -0.2) is 18.8 Å². The van der Waals surface area contributed by atoms with Gasteiger partial charge in [0, 0.05) is 11.1 Å². The molecule has 1 rings (SSSR count). The normalized spacial score (nSPS) is 12.9. The van der Waals surface area contributed by atoms with Crippen molar-refractivity contribution in [1.82, 2.24) is 0 Å². The lowest BCUT2D eigenvalue weighted by Crippen LogP contribution is -2.16. The van der Waals surface area contributed by atoms with Crippen molar-refractivity contribution in [3.63, 3.8) is 0 Å². The Kier molecular flexibility index (Phi) is 5.29. The molecule has 0 bridgehead atoms. The van der Waals surface area contributed by atoms with E-state index in [4.69, 9.17) is 4.74 Å². The maximum atomic E-state index is 9.34. The Hall–Kier alpha value is -0.540. The van der Waals surface area contributed by atoms with Gasteiger partial charge in [0.2, 0.25) is 0 Å². The first-order valence-corrected chi connectivity index (χ1v) is 6.31. The fourth-order valence-corrected chi connectivity index (χ4v) is 2.11. The predicted molar refractivity (Wildman–Crippen MR) is 69.8 cm³/mol. The standard InChI is InChI=1S/C13H19BrO2/c1-9(2)11(8-15)6-10-7-12(14)4-5-13(10)16-3/h4-5,7,9,11,15H,6,8H2,1-3H3. The van der Waals surface area contributed by atoms with E-state index in [-0.39, 0.29) is 12.5 Å². The van der Waals surface area contributed by atoms with Crippen LogP contribution in [0.1, 0.15) is 19.4 Å². The van der Waals surface area contributed by atoms with Crippen LogP contribution in [0.3, 0.4) is 0 Å². The molecule has 1 aromatic carbocycles. The van der Waals surface area contributed by atoms with Crippen LogP contribution in [0.4, 0.5) is 0 Å². The third-order valence-electron chi connectivity index (χ3n) is 2.90. The first-order valence-electron chi connectivity index (χ1n) is 5.51. The summed E-state index contributed by atoms with van der Waals surface area (Å²) in [4.78, 5) is 0. The zero-order chi connectivity index (χ0) is 12.1. The topological polar surface area (TPSA) is 29.5 Å². The van der Waals surface area contributed by atoms with Crippen molar-refractivity contribution >= 4 is 15.9 Å². The average molecular weight is 287 g/mol. The summed E-state index contributed by atoms with van der Waals surface area (Å²) >= 11 is 3.46. The van der Waals surface area contributed by atoms with Gasteiger partial charge >= 0.3 is 0 Å². The molecule has 3 heteroatoms. The molecular formula is C13H19BrO2. The van der Waals surface area contributed by atoms with E-state index in [0.29, 0.717) is 5.92 Å². The van der Waals surface area contributed by atoms with Crippen molar-refractivity contribution in [3.8, 4) is 5.75 Å². The van der Waals surface area contributed by atoms with Gasteiger partial charge in [0.05, 0.1) is 7.11 Å². The van der Waals surface area contributed by atoms with Crippen LogP contribution in [-0.2, 0) is 6.42 Å². The van der Waals surface area contributed by atoms with Crippen LogP contribution >= 0.6 is 15.9 Å². The van der Waals surface area contributed by atoms with Gasteiger partial charge in [-0.2, -0.15) is 0 Å². The van der Waals surface area contributed by atoms with Gasteiger partial charge in [0.25, 0.3) is 0 Å². The Bertz CT molecular complexity index is 337. The zero-order valence-electron chi connectivity index (χ0n) is 10.0. The highest BCUT2D eigenvalue weighted by Crippen LogP contribution is 2.27. The molecule has 0 aliphatic rings. The van der Waals surface area contributed by atoms with Gasteiger partial charge in [-0.3, -0.25) is 0 Å². The third kappa shape index (κ3) is 3.49. The number of benzene rings is 1. The second kappa shape index (κ2) is 6.26. The number of hydrogen-bond acceptors (Lipinski definition) is 2.